The summed E-state index contributed by atoms with van der Waals surface area (Å²) in [5, 5.41) is 28.5. The molecule has 23 aromatic carbocycles. The molecule has 7 heterocycles. The van der Waals surface area contributed by atoms with E-state index in [0.717, 1.165) is 67.4 Å². The van der Waals surface area contributed by atoms with Crippen LogP contribution in [0, 0.1) is 0 Å². The highest BCUT2D eigenvalue weighted by Crippen LogP contribution is 2.46. The quantitative estimate of drug-likeness (QED) is 0.128. The zero-order valence-corrected chi connectivity index (χ0v) is 77.2. The van der Waals surface area contributed by atoms with Crippen molar-refractivity contribution in [3.8, 4) is 89.9 Å². The summed E-state index contributed by atoms with van der Waals surface area (Å²) in [6, 6.07) is 186. The number of para-hydroxylation sites is 10. The van der Waals surface area contributed by atoms with E-state index in [2.05, 4.69) is 534 Å². The molecule has 0 aliphatic rings. The smallest absolute Gasteiger partial charge is 0.0788 e. The normalized spacial score (nSPS) is 11.8. The summed E-state index contributed by atoms with van der Waals surface area (Å²) < 4.78 is 9.50. The molecule has 7 nitrogen and oxygen atoms in total. The van der Waals surface area contributed by atoms with Crippen LogP contribution in [0.25, 0.3) is 274 Å². The molecule has 0 N–H and O–H groups in total. The summed E-state index contributed by atoms with van der Waals surface area (Å²) >= 11 is 0. The van der Waals surface area contributed by atoms with Gasteiger partial charge in [0, 0.05) is 131 Å². The molecule has 0 fully saturated rings. The standard InChI is InChI=1S/C53H33N3.2C41H26N2/c1-2-13-38(14-3-1)55-48-20-10-7-16-41(48)45-32-36(25-30-50(45)55)37-26-31-51-46(33-37)42-17-8-11-21-49(42)56(51)39-27-22-35(23-28-39)53-44-29-24-34-12-4-5-15-40(34)52(44)43-18-6-9-19-47(43)54-53;1-2-13-32-28(10-1)24-25-36-40(32)35-16-3-6-17-37(35)42-41(36)29-22-20-27(21-23-29)30-11-9-12-31(26-30)43-38-18-7-4-14-33(38)34-15-5-8-19-39(34)43;1-2-10-32-29(9-1)23-26-36-40(32)35-13-3-6-14-37(35)42-41(36)30-19-17-27(18-20-30)28-21-24-31(25-22-28)43-38-15-7-4-11-33(38)34-12-5-8-16-39(34)43/h1-33H;2*1-26H. The van der Waals surface area contributed by atoms with Crippen LogP contribution < -0.4 is 0 Å². The molecule has 7 aromatic heterocycles. The SMILES string of the molecule is c1cc(-c2ccc(-c3nc4ccccc4c4c3ccc3ccccc34)cc2)cc(-n2c3ccccc3c3ccccc32)c1.c1ccc(-n2c3ccccc3c3cc(-c4ccc5c(c4)c4ccccc4n5-c4ccc(-c5nc6ccccc6c6c5ccc5ccccc56)cc4)ccc32)cc1.c1ccc2c(c1)ccc1c(-c3ccc(-c4ccc(-n5c6ccccc6c6ccccc65)cc4)cc3)nc3ccccc3c12. The molecule has 30 aromatic rings. The first kappa shape index (κ1) is 81.4. The lowest BCUT2D eigenvalue weighted by atomic mass is 9.94. The Labute approximate surface area is 817 Å². The molecular weight excluding hydrogens is 1720 g/mol. The highest BCUT2D eigenvalue weighted by molar-refractivity contribution is 6.26. The fraction of sp³-hybridized carbons (Fsp3) is 0. The van der Waals surface area contributed by atoms with Gasteiger partial charge in [-0.25, -0.2) is 15.0 Å². The van der Waals surface area contributed by atoms with Crippen LogP contribution in [-0.2, 0) is 0 Å². The lowest BCUT2D eigenvalue weighted by Gasteiger charge is -2.14. The van der Waals surface area contributed by atoms with Crippen molar-refractivity contribution in [3.63, 3.8) is 0 Å². The maximum Gasteiger partial charge on any atom is 0.0788 e. The van der Waals surface area contributed by atoms with E-state index in [1.165, 1.54) is 207 Å². The van der Waals surface area contributed by atoms with Gasteiger partial charge in [0.05, 0.1) is 77.8 Å². The van der Waals surface area contributed by atoms with Crippen molar-refractivity contribution in [2.45, 2.75) is 0 Å². The predicted molar refractivity (Wildman–Crippen MR) is 600 cm³/mol. The van der Waals surface area contributed by atoms with E-state index in [0.29, 0.717) is 0 Å². The lowest BCUT2D eigenvalue weighted by molar-refractivity contribution is 1.18. The van der Waals surface area contributed by atoms with Gasteiger partial charge in [-0.1, -0.05) is 388 Å². The van der Waals surface area contributed by atoms with E-state index in [9.17, 15) is 0 Å². The molecule has 142 heavy (non-hydrogen) atoms. The van der Waals surface area contributed by atoms with Crippen molar-refractivity contribution < 1.29 is 0 Å². The van der Waals surface area contributed by atoms with Gasteiger partial charge in [-0.05, 0) is 193 Å². The molecule has 660 valence electrons. The van der Waals surface area contributed by atoms with Crippen molar-refractivity contribution in [2.24, 2.45) is 0 Å². The molecule has 0 aliphatic carbocycles. The third-order valence-electron chi connectivity index (χ3n) is 29.2. The Balaban J connectivity index is 0.000000105. The number of pyridine rings is 3. The van der Waals surface area contributed by atoms with Gasteiger partial charge in [0.25, 0.3) is 0 Å². The van der Waals surface area contributed by atoms with Gasteiger partial charge >= 0.3 is 0 Å². The van der Waals surface area contributed by atoms with Crippen molar-refractivity contribution in [1.82, 2.24) is 33.2 Å². The second-order valence-electron chi connectivity index (χ2n) is 37.1. The second-order valence-corrected chi connectivity index (χ2v) is 37.1. The van der Waals surface area contributed by atoms with E-state index in [1.54, 1.807) is 0 Å². The van der Waals surface area contributed by atoms with Crippen molar-refractivity contribution in [3.05, 3.63) is 516 Å². The van der Waals surface area contributed by atoms with E-state index < -0.39 is 0 Å². The molecule has 0 aliphatic heterocycles. The lowest BCUT2D eigenvalue weighted by Crippen LogP contribution is -1.95. The molecular formula is C135H85N7. The maximum atomic E-state index is 5.26. The van der Waals surface area contributed by atoms with Crippen LogP contribution in [0.15, 0.2) is 516 Å². The first-order valence-electron chi connectivity index (χ1n) is 48.7. The zero-order chi connectivity index (χ0) is 93.4. The van der Waals surface area contributed by atoms with Crippen LogP contribution in [0.1, 0.15) is 0 Å². The van der Waals surface area contributed by atoms with E-state index in [-0.39, 0.29) is 0 Å². The molecule has 0 bridgehead atoms. The summed E-state index contributed by atoms with van der Waals surface area (Å²) in [6.07, 6.45) is 0. The number of rotatable bonds is 10. The number of fused-ring (bicyclic) bond motifs is 27. The Kier molecular flexibility index (Phi) is 19.2. The average molecular weight is 1810 g/mol. The summed E-state index contributed by atoms with van der Waals surface area (Å²) in [7, 11) is 0. The number of benzene rings is 23. The topological polar surface area (TPSA) is 58.4 Å². The van der Waals surface area contributed by atoms with Gasteiger partial charge < -0.3 is 18.3 Å². The van der Waals surface area contributed by atoms with E-state index >= 15 is 0 Å². The molecule has 0 unspecified atom stereocenters. The number of nitrogens with zero attached hydrogens (tertiary/aromatic N) is 7. The molecule has 0 spiro atoms. The Morgan fingerprint density at radius 2 is 0.352 bits per heavy atom. The minimum absolute atomic E-state index is 1.01. The van der Waals surface area contributed by atoms with Crippen LogP contribution >= 0.6 is 0 Å². The average Bonchev–Trinajstić information content (AvgIpc) is 1.67. The predicted octanol–water partition coefficient (Wildman–Crippen LogP) is 36.0. The van der Waals surface area contributed by atoms with Crippen LogP contribution in [0.5, 0.6) is 0 Å². The zero-order valence-electron chi connectivity index (χ0n) is 77.2. The van der Waals surface area contributed by atoms with Gasteiger partial charge in [-0.15, -0.1) is 0 Å². The number of aromatic nitrogens is 7. The largest absolute Gasteiger partial charge is 0.309 e. The molecule has 0 radical (unpaired) electrons. The molecule has 0 amide bonds. The molecule has 0 saturated heterocycles. The summed E-state index contributed by atoms with van der Waals surface area (Å²) in [6.45, 7) is 0. The maximum absolute atomic E-state index is 5.26. The second kappa shape index (κ2) is 33.5. The van der Waals surface area contributed by atoms with Gasteiger partial charge in [0.2, 0.25) is 0 Å². The van der Waals surface area contributed by atoms with Crippen LogP contribution in [0.4, 0.5) is 0 Å². The van der Waals surface area contributed by atoms with Gasteiger partial charge in [-0.3, -0.25) is 0 Å². The Bertz CT molecular complexity index is 10200. The summed E-state index contributed by atoms with van der Waals surface area (Å²) in [5.41, 5.74) is 30.9. The minimum atomic E-state index is 1.01. The first-order valence-corrected chi connectivity index (χ1v) is 48.7. The minimum Gasteiger partial charge on any atom is -0.309 e. The van der Waals surface area contributed by atoms with Crippen LogP contribution in [0.3, 0.4) is 0 Å². The van der Waals surface area contributed by atoms with Gasteiger partial charge in [0.15, 0.2) is 0 Å². The third kappa shape index (κ3) is 13.5. The monoisotopic (exact) mass is 1800 g/mol. The molecule has 30 rings (SSSR count). The Morgan fingerprint density at radius 1 is 0.120 bits per heavy atom. The fourth-order valence-corrected chi connectivity index (χ4v) is 22.7. The highest BCUT2D eigenvalue weighted by Gasteiger charge is 2.23. The molecule has 0 atom stereocenters. The third-order valence-corrected chi connectivity index (χ3v) is 29.2. The highest BCUT2D eigenvalue weighted by atomic mass is 15.0. The van der Waals surface area contributed by atoms with Crippen LogP contribution in [-0.4, -0.2) is 33.2 Å². The van der Waals surface area contributed by atoms with E-state index in [4.69, 9.17) is 15.0 Å². The Morgan fingerprint density at radius 3 is 0.704 bits per heavy atom. The number of hydrogen-bond acceptors (Lipinski definition) is 3. The van der Waals surface area contributed by atoms with E-state index in [1.807, 2.05) is 0 Å². The fourth-order valence-electron chi connectivity index (χ4n) is 22.7. The number of hydrogen-bond donors (Lipinski definition) is 0. The van der Waals surface area contributed by atoms with Gasteiger partial charge in [0.1, 0.15) is 0 Å². The van der Waals surface area contributed by atoms with Crippen molar-refractivity contribution >= 4 is 185 Å². The summed E-state index contributed by atoms with van der Waals surface area (Å²) in [4.78, 5) is 15.6. The first-order chi connectivity index (χ1) is 70.4. The Hall–Kier alpha value is -19.0. The van der Waals surface area contributed by atoms with Gasteiger partial charge in [-0.2, -0.15) is 0 Å². The summed E-state index contributed by atoms with van der Waals surface area (Å²) in [5.74, 6) is 0. The van der Waals surface area contributed by atoms with Crippen molar-refractivity contribution in [1.29, 1.82) is 0 Å². The molecule has 7 heteroatoms. The van der Waals surface area contributed by atoms with Crippen LogP contribution in [0.2, 0.25) is 0 Å². The van der Waals surface area contributed by atoms with Crippen molar-refractivity contribution in [2.75, 3.05) is 0 Å². The molecule has 0 saturated carbocycles.